The third kappa shape index (κ3) is 3.55. The van der Waals surface area contributed by atoms with E-state index >= 15 is 0 Å². The van der Waals surface area contributed by atoms with Gasteiger partial charge in [0.1, 0.15) is 11.7 Å². The second-order valence-electron chi connectivity index (χ2n) is 6.55. The van der Waals surface area contributed by atoms with Crippen molar-refractivity contribution in [1.82, 2.24) is 9.80 Å². The first-order valence-electron chi connectivity index (χ1n) is 7.21. The van der Waals surface area contributed by atoms with Gasteiger partial charge in [0, 0.05) is 19.1 Å². The van der Waals surface area contributed by atoms with Crippen molar-refractivity contribution in [1.29, 1.82) is 0 Å². The lowest BCUT2D eigenvalue weighted by Gasteiger charge is -2.36. The molecular weight excluding hydrogens is 260 g/mol. The van der Waals surface area contributed by atoms with E-state index in [-0.39, 0.29) is 24.3 Å². The van der Waals surface area contributed by atoms with Crippen LogP contribution in [0.25, 0.3) is 0 Å². The number of nitrogens with zero attached hydrogens (tertiary/aromatic N) is 2. The van der Waals surface area contributed by atoms with Crippen molar-refractivity contribution in [3.05, 3.63) is 0 Å². The summed E-state index contributed by atoms with van der Waals surface area (Å²) >= 11 is 0. The molecule has 2 amide bonds. The van der Waals surface area contributed by atoms with Crippen molar-refractivity contribution in [3.8, 4) is 0 Å². The molecule has 0 N–H and O–H groups in total. The first kappa shape index (κ1) is 14.9. The number of hydrogen-bond acceptors (Lipinski definition) is 4. The minimum absolute atomic E-state index is 0.0358. The molecule has 2 aliphatic heterocycles. The summed E-state index contributed by atoms with van der Waals surface area (Å²) < 4.78 is 10.5. The summed E-state index contributed by atoms with van der Waals surface area (Å²) in [6.07, 6.45) is 1.02. The number of amides is 2. The lowest BCUT2D eigenvalue weighted by atomic mass is 10.0. The van der Waals surface area contributed by atoms with Gasteiger partial charge in [0.15, 0.2) is 0 Å². The van der Waals surface area contributed by atoms with Gasteiger partial charge >= 0.3 is 12.2 Å². The van der Waals surface area contributed by atoms with E-state index in [4.69, 9.17) is 9.47 Å². The average molecular weight is 284 g/mol. The molecule has 2 aliphatic rings. The largest absolute Gasteiger partial charge is 0.444 e. The van der Waals surface area contributed by atoms with Gasteiger partial charge in [-0.15, -0.1) is 0 Å². The summed E-state index contributed by atoms with van der Waals surface area (Å²) in [4.78, 5) is 27.1. The van der Waals surface area contributed by atoms with Gasteiger partial charge in [0.2, 0.25) is 0 Å². The maximum atomic E-state index is 12.0. The maximum Gasteiger partial charge on any atom is 0.410 e. The zero-order valence-corrected chi connectivity index (χ0v) is 12.7. The van der Waals surface area contributed by atoms with Crippen molar-refractivity contribution >= 4 is 12.2 Å². The van der Waals surface area contributed by atoms with Crippen LogP contribution < -0.4 is 0 Å². The van der Waals surface area contributed by atoms with Gasteiger partial charge in [-0.05, 0) is 40.5 Å². The molecule has 0 bridgehead atoms. The molecular formula is C14H24N2O4. The second-order valence-corrected chi connectivity index (χ2v) is 6.55. The van der Waals surface area contributed by atoms with Crippen molar-refractivity contribution in [2.75, 3.05) is 19.6 Å². The van der Waals surface area contributed by atoms with Gasteiger partial charge in [-0.2, -0.15) is 0 Å². The predicted octanol–water partition coefficient (Wildman–Crippen LogP) is 2.23. The molecule has 0 saturated carbocycles. The van der Waals surface area contributed by atoms with E-state index in [1.807, 2.05) is 27.7 Å². The Kier molecular flexibility index (Phi) is 4.11. The molecule has 0 aromatic rings. The summed E-state index contributed by atoms with van der Waals surface area (Å²) in [6, 6.07) is 0.172. The van der Waals surface area contributed by atoms with Gasteiger partial charge in [0.05, 0.1) is 6.54 Å². The molecule has 114 valence electrons. The number of carbonyl (C=O) groups is 2. The van der Waals surface area contributed by atoms with E-state index in [0.29, 0.717) is 19.6 Å². The Morgan fingerprint density at radius 2 is 1.90 bits per heavy atom. The highest BCUT2D eigenvalue weighted by molar-refractivity contribution is 5.70. The minimum Gasteiger partial charge on any atom is -0.444 e. The summed E-state index contributed by atoms with van der Waals surface area (Å²) in [5.74, 6) is 0. The molecule has 0 aromatic carbocycles. The van der Waals surface area contributed by atoms with Crippen molar-refractivity contribution in [2.24, 2.45) is 0 Å². The summed E-state index contributed by atoms with van der Waals surface area (Å²) in [7, 11) is 0. The van der Waals surface area contributed by atoms with Crippen LogP contribution in [-0.4, -0.2) is 59.4 Å². The Bertz CT molecular complexity index is 383. The van der Waals surface area contributed by atoms with Gasteiger partial charge in [-0.1, -0.05) is 0 Å². The number of cyclic esters (lactones) is 1. The molecule has 0 unspecified atom stereocenters. The lowest BCUT2D eigenvalue weighted by molar-refractivity contribution is 0.0168. The Morgan fingerprint density at radius 1 is 1.30 bits per heavy atom. The van der Waals surface area contributed by atoms with Gasteiger partial charge in [-0.25, -0.2) is 9.59 Å². The normalized spacial score (nSPS) is 24.8. The molecule has 6 nitrogen and oxygen atoms in total. The highest BCUT2D eigenvalue weighted by Gasteiger charge is 2.36. The molecule has 6 heteroatoms. The first-order chi connectivity index (χ1) is 9.26. The SMILES string of the molecule is C[C@H]1CN(C2CCN(C(=O)OC(C)(C)C)CC2)C(=O)O1. The molecule has 0 radical (unpaired) electrons. The van der Waals surface area contributed by atoms with Crippen LogP contribution in [0.4, 0.5) is 9.59 Å². The van der Waals surface area contributed by atoms with Gasteiger partial charge in [-0.3, -0.25) is 0 Å². The summed E-state index contributed by atoms with van der Waals surface area (Å²) in [5, 5.41) is 0. The molecule has 2 saturated heterocycles. The third-order valence-corrected chi connectivity index (χ3v) is 3.55. The first-order valence-corrected chi connectivity index (χ1v) is 7.21. The number of ether oxygens (including phenoxy) is 2. The van der Waals surface area contributed by atoms with Gasteiger partial charge in [0.25, 0.3) is 0 Å². The smallest absolute Gasteiger partial charge is 0.410 e. The van der Waals surface area contributed by atoms with Crippen LogP contribution in [0.3, 0.4) is 0 Å². The van der Waals surface area contributed by atoms with Crippen LogP contribution in [0.5, 0.6) is 0 Å². The van der Waals surface area contributed by atoms with E-state index in [1.165, 1.54) is 0 Å². The summed E-state index contributed by atoms with van der Waals surface area (Å²) in [6.45, 7) is 9.37. The van der Waals surface area contributed by atoms with Crippen LogP contribution in [0.2, 0.25) is 0 Å². The Morgan fingerprint density at radius 3 is 2.35 bits per heavy atom. The molecule has 1 atom stereocenters. The Labute approximate surface area is 120 Å². The third-order valence-electron chi connectivity index (χ3n) is 3.55. The van der Waals surface area contributed by atoms with E-state index in [9.17, 15) is 9.59 Å². The molecule has 2 heterocycles. The van der Waals surface area contributed by atoms with Crippen LogP contribution in [-0.2, 0) is 9.47 Å². The fraction of sp³-hybridized carbons (Fsp3) is 0.857. The summed E-state index contributed by atoms with van der Waals surface area (Å²) in [5.41, 5.74) is -0.470. The van der Waals surface area contributed by atoms with E-state index < -0.39 is 5.60 Å². The molecule has 0 aliphatic carbocycles. The minimum atomic E-state index is -0.470. The number of piperidine rings is 1. The van der Waals surface area contributed by atoms with Crippen LogP contribution in [0.1, 0.15) is 40.5 Å². The second kappa shape index (κ2) is 5.50. The van der Waals surface area contributed by atoms with Crippen molar-refractivity contribution in [3.63, 3.8) is 0 Å². The highest BCUT2D eigenvalue weighted by Crippen LogP contribution is 2.23. The number of hydrogen-bond donors (Lipinski definition) is 0. The molecule has 2 fully saturated rings. The quantitative estimate of drug-likeness (QED) is 0.741. The Hall–Kier alpha value is -1.46. The van der Waals surface area contributed by atoms with Crippen molar-refractivity contribution < 1.29 is 19.1 Å². The fourth-order valence-corrected chi connectivity index (χ4v) is 2.61. The monoisotopic (exact) mass is 284 g/mol. The lowest BCUT2D eigenvalue weighted by Crippen LogP contribution is -2.48. The topological polar surface area (TPSA) is 59.1 Å². The number of likely N-dealkylation sites (tertiary alicyclic amines) is 1. The standard InChI is InChI=1S/C14H24N2O4/c1-10-9-16(13(18)19-10)11-5-7-15(8-6-11)12(17)20-14(2,3)4/h10-11H,5-9H2,1-4H3/t10-/m0/s1. The fourth-order valence-electron chi connectivity index (χ4n) is 2.61. The Balaban J connectivity index is 1.83. The number of carbonyl (C=O) groups excluding carboxylic acids is 2. The van der Waals surface area contributed by atoms with Crippen molar-refractivity contribution in [2.45, 2.75) is 58.3 Å². The van der Waals surface area contributed by atoms with Crippen LogP contribution in [0, 0.1) is 0 Å². The molecule has 0 spiro atoms. The van der Waals surface area contributed by atoms with E-state index in [2.05, 4.69) is 0 Å². The predicted molar refractivity (Wildman–Crippen MR) is 73.5 cm³/mol. The van der Waals surface area contributed by atoms with E-state index in [1.54, 1.807) is 9.80 Å². The zero-order chi connectivity index (χ0) is 14.9. The average Bonchev–Trinajstić information content (AvgIpc) is 2.66. The van der Waals surface area contributed by atoms with Crippen LogP contribution >= 0.6 is 0 Å². The molecule has 2 rings (SSSR count). The van der Waals surface area contributed by atoms with Gasteiger partial charge < -0.3 is 19.3 Å². The maximum absolute atomic E-state index is 12.0. The van der Waals surface area contributed by atoms with Crippen LogP contribution in [0.15, 0.2) is 0 Å². The number of rotatable bonds is 1. The van der Waals surface area contributed by atoms with E-state index in [0.717, 1.165) is 12.8 Å². The molecule has 20 heavy (non-hydrogen) atoms. The zero-order valence-electron chi connectivity index (χ0n) is 12.7. The highest BCUT2D eigenvalue weighted by atomic mass is 16.6. The molecule has 0 aromatic heterocycles.